The number of alkyl halides is 2. The van der Waals surface area contributed by atoms with Crippen LogP contribution in [0.5, 0.6) is 5.75 Å². The second kappa shape index (κ2) is 3.70. The quantitative estimate of drug-likeness (QED) is 0.838. The van der Waals surface area contributed by atoms with Gasteiger partial charge in [-0.15, -0.1) is 0 Å². The Labute approximate surface area is 93.6 Å². The van der Waals surface area contributed by atoms with Gasteiger partial charge in [-0.2, -0.15) is 0 Å². The molecule has 1 atom stereocenters. The molecule has 0 spiro atoms. The van der Waals surface area contributed by atoms with Crippen molar-refractivity contribution in [3.8, 4) is 5.75 Å². The highest BCUT2D eigenvalue weighted by Gasteiger charge is 2.48. The van der Waals surface area contributed by atoms with E-state index in [0.717, 1.165) is 5.56 Å². The summed E-state index contributed by atoms with van der Waals surface area (Å²) in [5, 5.41) is 2.88. The maximum Gasteiger partial charge on any atom is 0.262 e. The molecule has 1 N–H and O–H groups in total. The summed E-state index contributed by atoms with van der Waals surface area (Å²) in [6.07, 6.45) is -0.194. The number of ether oxygens (including phenoxy) is 1. The molecular formula is C12H15F2NO. The van der Waals surface area contributed by atoms with Gasteiger partial charge in [-0.1, -0.05) is 18.2 Å². The first-order valence-corrected chi connectivity index (χ1v) is 5.23. The lowest BCUT2D eigenvalue weighted by molar-refractivity contribution is 0.0164. The van der Waals surface area contributed by atoms with Gasteiger partial charge in [-0.3, -0.25) is 0 Å². The minimum atomic E-state index is -2.64. The van der Waals surface area contributed by atoms with Gasteiger partial charge in [-0.05, 0) is 13.0 Å². The number of rotatable bonds is 2. The Morgan fingerprint density at radius 2 is 2.00 bits per heavy atom. The van der Waals surface area contributed by atoms with E-state index in [2.05, 4.69) is 5.32 Å². The Hall–Kier alpha value is -1.16. The van der Waals surface area contributed by atoms with Crippen LogP contribution >= 0.6 is 0 Å². The van der Waals surface area contributed by atoms with Gasteiger partial charge in [0.2, 0.25) is 0 Å². The second-order valence-corrected chi connectivity index (χ2v) is 4.42. The molecule has 1 fully saturated rings. The van der Waals surface area contributed by atoms with Crippen LogP contribution in [-0.2, 0) is 5.54 Å². The summed E-state index contributed by atoms with van der Waals surface area (Å²) in [5.41, 5.74) is 0.0745. The first-order valence-electron chi connectivity index (χ1n) is 5.23. The normalized spacial score (nSPS) is 28.0. The highest BCUT2D eigenvalue weighted by molar-refractivity contribution is 5.39. The number of halogens is 2. The zero-order valence-electron chi connectivity index (χ0n) is 9.39. The van der Waals surface area contributed by atoms with Crippen molar-refractivity contribution in [3.05, 3.63) is 29.8 Å². The standard InChI is InChI=1S/C12H15F2NO/c1-11(7-12(13,14)8-15-11)9-5-3-4-6-10(9)16-2/h3-6,15H,7-8H2,1-2H3. The van der Waals surface area contributed by atoms with Crippen LogP contribution in [0.1, 0.15) is 18.9 Å². The van der Waals surface area contributed by atoms with Crippen molar-refractivity contribution in [3.63, 3.8) is 0 Å². The van der Waals surface area contributed by atoms with E-state index in [0.29, 0.717) is 5.75 Å². The van der Waals surface area contributed by atoms with Crippen molar-refractivity contribution in [2.75, 3.05) is 13.7 Å². The molecule has 0 saturated carbocycles. The zero-order valence-corrected chi connectivity index (χ0v) is 9.39. The molecular weight excluding hydrogens is 212 g/mol. The highest BCUT2D eigenvalue weighted by atomic mass is 19.3. The Morgan fingerprint density at radius 3 is 2.56 bits per heavy atom. The fourth-order valence-electron chi connectivity index (χ4n) is 2.26. The molecule has 2 nitrogen and oxygen atoms in total. The Bertz CT molecular complexity index is 394. The summed E-state index contributed by atoms with van der Waals surface area (Å²) >= 11 is 0. The minimum absolute atomic E-state index is 0.194. The lowest BCUT2D eigenvalue weighted by Gasteiger charge is -2.26. The van der Waals surface area contributed by atoms with Crippen LogP contribution < -0.4 is 10.1 Å². The Kier molecular flexibility index (Phi) is 2.62. The third-order valence-corrected chi connectivity index (χ3v) is 3.05. The topological polar surface area (TPSA) is 21.3 Å². The monoisotopic (exact) mass is 227 g/mol. The van der Waals surface area contributed by atoms with Crippen molar-refractivity contribution in [2.45, 2.75) is 24.8 Å². The van der Waals surface area contributed by atoms with Crippen LogP contribution in [-0.4, -0.2) is 19.6 Å². The van der Waals surface area contributed by atoms with E-state index in [4.69, 9.17) is 4.74 Å². The molecule has 2 rings (SSSR count). The maximum absolute atomic E-state index is 13.3. The van der Waals surface area contributed by atoms with Gasteiger partial charge in [0.25, 0.3) is 5.92 Å². The molecule has 4 heteroatoms. The summed E-state index contributed by atoms with van der Waals surface area (Å²) in [6, 6.07) is 7.28. The molecule has 1 aromatic rings. The Morgan fingerprint density at radius 1 is 1.31 bits per heavy atom. The predicted molar refractivity (Wildman–Crippen MR) is 57.9 cm³/mol. The van der Waals surface area contributed by atoms with Crippen molar-refractivity contribution < 1.29 is 13.5 Å². The first kappa shape index (κ1) is 11.3. The fraction of sp³-hybridized carbons (Fsp3) is 0.500. The molecule has 1 saturated heterocycles. The number of hydrogen-bond acceptors (Lipinski definition) is 2. The zero-order chi connectivity index (χ0) is 11.8. The van der Waals surface area contributed by atoms with Crippen LogP contribution in [0.15, 0.2) is 24.3 Å². The molecule has 0 amide bonds. The van der Waals surface area contributed by atoms with Gasteiger partial charge in [0.15, 0.2) is 0 Å². The number of nitrogens with one attached hydrogen (secondary N) is 1. The summed E-state index contributed by atoms with van der Waals surface area (Å²) < 4.78 is 31.7. The van der Waals surface area contributed by atoms with Gasteiger partial charge in [-0.25, -0.2) is 8.78 Å². The largest absolute Gasteiger partial charge is 0.496 e. The average Bonchev–Trinajstić information content (AvgIpc) is 2.54. The van der Waals surface area contributed by atoms with Gasteiger partial charge in [0.1, 0.15) is 5.75 Å². The van der Waals surface area contributed by atoms with Crippen molar-refractivity contribution in [2.24, 2.45) is 0 Å². The number of benzene rings is 1. The second-order valence-electron chi connectivity index (χ2n) is 4.42. The summed E-state index contributed by atoms with van der Waals surface area (Å²) in [6.45, 7) is 1.51. The van der Waals surface area contributed by atoms with Crippen molar-refractivity contribution in [1.29, 1.82) is 0 Å². The molecule has 0 bridgehead atoms. The maximum atomic E-state index is 13.3. The van der Waals surface area contributed by atoms with Gasteiger partial charge in [0, 0.05) is 12.0 Å². The Balaban J connectivity index is 2.37. The van der Waals surface area contributed by atoms with E-state index in [1.54, 1.807) is 20.1 Å². The lowest BCUT2D eigenvalue weighted by atomic mass is 9.89. The first-order chi connectivity index (χ1) is 7.47. The number of hydrogen-bond donors (Lipinski definition) is 1. The highest BCUT2D eigenvalue weighted by Crippen LogP contribution is 2.41. The predicted octanol–water partition coefficient (Wildman–Crippen LogP) is 2.54. The van der Waals surface area contributed by atoms with Gasteiger partial charge >= 0.3 is 0 Å². The molecule has 1 aromatic carbocycles. The van der Waals surface area contributed by atoms with Gasteiger partial charge < -0.3 is 10.1 Å². The molecule has 0 radical (unpaired) electrons. The van der Waals surface area contributed by atoms with Crippen molar-refractivity contribution >= 4 is 0 Å². The van der Waals surface area contributed by atoms with E-state index < -0.39 is 11.5 Å². The van der Waals surface area contributed by atoms with Crippen LogP contribution in [0.3, 0.4) is 0 Å². The van der Waals surface area contributed by atoms with E-state index in [-0.39, 0.29) is 13.0 Å². The average molecular weight is 227 g/mol. The SMILES string of the molecule is COc1ccccc1C1(C)CC(F)(F)CN1. The third kappa shape index (κ3) is 1.89. The van der Waals surface area contributed by atoms with Crippen LogP contribution in [0.25, 0.3) is 0 Å². The van der Waals surface area contributed by atoms with E-state index >= 15 is 0 Å². The molecule has 0 aromatic heterocycles. The molecule has 16 heavy (non-hydrogen) atoms. The van der Waals surface area contributed by atoms with Gasteiger partial charge in [0.05, 0.1) is 19.2 Å². The lowest BCUT2D eigenvalue weighted by Crippen LogP contribution is -2.33. The molecule has 1 heterocycles. The summed E-state index contributed by atoms with van der Waals surface area (Å²) in [4.78, 5) is 0. The molecule has 0 aliphatic carbocycles. The fourth-order valence-corrected chi connectivity index (χ4v) is 2.26. The van der Waals surface area contributed by atoms with Crippen molar-refractivity contribution in [1.82, 2.24) is 5.32 Å². The molecule has 1 aliphatic rings. The molecule has 88 valence electrons. The number of methoxy groups -OCH3 is 1. The third-order valence-electron chi connectivity index (χ3n) is 3.05. The summed E-state index contributed by atoms with van der Waals surface area (Å²) in [5.74, 6) is -1.99. The van der Waals surface area contributed by atoms with Crippen LogP contribution in [0.4, 0.5) is 8.78 Å². The van der Waals surface area contributed by atoms with E-state index in [1.165, 1.54) is 0 Å². The van der Waals surface area contributed by atoms with Crippen LogP contribution in [0.2, 0.25) is 0 Å². The van der Waals surface area contributed by atoms with Crippen LogP contribution in [0, 0.1) is 0 Å². The number of para-hydroxylation sites is 1. The minimum Gasteiger partial charge on any atom is -0.496 e. The molecule has 1 unspecified atom stereocenters. The summed E-state index contributed by atoms with van der Waals surface area (Å²) in [7, 11) is 1.55. The molecule has 1 aliphatic heterocycles. The van der Waals surface area contributed by atoms with E-state index in [1.807, 2.05) is 18.2 Å². The smallest absolute Gasteiger partial charge is 0.262 e. The van der Waals surface area contributed by atoms with E-state index in [9.17, 15) is 8.78 Å².